The van der Waals surface area contributed by atoms with Crippen molar-refractivity contribution in [1.29, 1.82) is 0 Å². The summed E-state index contributed by atoms with van der Waals surface area (Å²) in [6, 6.07) is 5.92. The summed E-state index contributed by atoms with van der Waals surface area (Å²) in [6.07, 6.45) is 5.34. The number of hydrogen-bond acceptors (Lipinski definition) is 4. The van der Waals surface area contributed by atoms with E-state index in [-0.39, 0.29) is 24.6 Å². The van der Waals surface area contributed by atoms with Gasteiger partial charge in [0.1, 0.15) is 5.54 Å². The first kappa shape index (κ1) is 18.1. The molecule has 2 fully saturated rings. The molecule has 0 spiro atoms. The van der Waals surface area contributed by atoms with E-state index in [9.17, 15) is 9.59 Å². The highest BCUT2D eigenvalue weighted by Gasteiger charge is 2.47. The number of nitrogens with one attached hydrogen (secondary N) is 1. The van der Waals surface area contributed by atoms with Crippen LogP contribution < -0.4 is 14.8 Å². The van der Waals surface area contributed by atoms with Crippen LogP contribution in [0.4, 0.5) is 0 Å². The standard InChI is InChI=1S/C21H28N2O4/c1-14-3-6-16(7-4-14)22-20(25)21(2)10-9-19(24)23(21)12-15-5-8-17-18(11-15)27-13-26-17/h5,8,11,14,16H,3-4,6-7,9-10,12-13H2,1-2H3,(H,22,25). The smallest absolute Gasteiger partial charge is 0.245 e. The molecule has 1 unspecified atom stereocenters. The molecule has 1 aromatic carbocycles. The molecule has 0 aromatic heterocycles. The molecule has 1 aliphatic carbocycles. The lowest BCUT2D eigenvalue weighted by atomic mass is 9.86. The van der Waals surface area contributed by atoms with Gasteiger partial charge in [0.25, 0.3) is 0 Å². The molecule has 1 saturated carbocycles. The lowest BCUT2D eigenvalue weighted by Gasteiger charge is -2.36. The largest absolute Gasteiger partial charge is 0.454 e. The van der Waals surface area contributed by atoms with E-state index in [0.29, 0.717) is 25.1 Å². The second-order valence-electron chi connectivity index (χ2n) is 8.37. The van der Waals surface area contributed by atoms with Gasteiger partial charge >= 0.3 is 0 Å². The van der Waals surface area contributed by atoms with E-state index in [4.69, 9.17) is 9.47 Å². The summed E-state index contributed by atoms with van der Waals surface area (Å²) in [5, 5.41) is 3.22. The van der Waals surface area contributed by atoms with Crippen LogP contribution in [0, 0.1) is 5.92 Å². The Hall–Kier alpha value is -2.24. The van der Waals surface area contributed by atoms with Gasteiger partial charge < -0.3 is 19.7 Å². The summed E-state index contributed by atoms with van der Waals surface area (Å²) < 4.78 is 10.8. The van der Waals surface area contributed by atoms with Crippen LogP contribution in [-0.4, -0.2) is 35.1 Å². The molecule has 146 valence electrons. The van der Waals surface area contributed by atoms with Crippen LogP contribution >= 0.6 is 0 Å². The molecule has 6 heteroatoms. The quantitative estimate of drug-likeness (QED) is 0.882. The van der Waals surface area contributed by atoms with Crippen LogP contribution in [0.1, 0.15) is 57.9 Å². The lowest BCUT2D eigenvalue weighted by Crippen LogP contribution is -2.56. The number of carbonyl (C=O) groups excluding carboxylic acids is 2. The number of amides is 2. The Balaban J connectivity index is 1.47. The molecule has 4 rings (SSSR count). The van der Waals surface area contributed by atoms with Crippen molar-refractivity contribution in [2.24, 2.45) is 5.92 Å². The summed E-state index contributed by atoms with van der Waals surface area (Å²) in [5.41, 5.74) is 0.149. The number of fused-ring (bicyclic) bond motifs is 1. The lowest BCUT2D eigenvalue weighted by molar-refractivity contribution is -0.141. The first-order valence-electron chi connectivity index (χ1n) is 9.96. The van der Waals surface area contributed by atoms with Gasteiger partial charge in [-0.25, -0.2) is 0 Å². The van der Waals surface area contributed by atoms with Crippen molar-refractivity contribution >= 4 is 11.8 Å². The highest BCUT2D eigenvalue weighted by atomic mass is 16.7. The normalized spacial score (nSPS) is 29.9. The van der Waals surface area contributed by atoms with Gasteiger partial charge in [-0.2, -0.15) is 0 Å². The minimum absolute atomic E-state index is 0.0198. The molecule has 1 atom stereocenters. The first-order chi connectivity index (χ1) is 13.0. The van der Waals surface area contributed by atoms with Crippen LogP contribution in [-0.2, 0) is 16.1 Å². The summed E-state index contributed by atoms with van der Waals surface area (Å²) in [5.74, 6) is 2.17. The minimum atomic E-state index is -0.795. The van der Waals surface area contributed by atoms with Crippen molar-refractivity contribution in [3.63, 3.8) is 0 Å². The maximum atomic E-state index is 13.1. The predicted octanol–water partition coefficient (Wildman–Crippen LogP) is 2.99. The fraction of sp³-hybridized carbons (Fsp3) is 0.619. The van der Waals surface area contributed by atoms with Crippen LogP contribution in [0.5, 0.6) is 11.5 Å². The van der Waals surface area contributed by atoms with Crippen LogP contribution in [0.3, 0.4) is 0 Å². The van der Waals surface area contributed by atoms with Crippen molar-refractivity contribution < 1.29 is 19.1 Å². The van der Waals surface area contributed by atoms with Crippen molar-refractivity contribution in [1.82, 2.24) is 10.2 Å². The number of hydrogen-bond donors (Lipinski definition) is 1. The topological polar surface area (TPSA) is 67.9 Å². The Labute approximate surface area is 160 Å². The molecule has 0 radical (unpaired) electrons. The molecule has 0 bridgehead atoms. The number of benzene rings is 1. The molecule has 1 N–H and O–H groups in total. The van der Waals surface area contributed by atoms with Gasteiger partial charge in [0.15, 0.2) is 11.5 Å². The van der Waals surface area contributed by atoms with Gasteiger partial charge in [0.05, 0.1) is 0 Å². The van der Waals surface area contributed by atoms with Gasteiger partial charge in [-0.1, -0.05) is 13.0 Å². The van der Waals surface area contributed by atoms with Crippen LogP contribution in [0.2, 0.25) is 0 Å². The third-order valence-electron chi connectivity index (χ3n) is 6.34. The molecule has 2 amide bonds. The van der Waals surface area contributed by atoms with Crippen molar-refractivity contribution in [2.75, 3.05) is 6.79 Å². The molecule has 6 nitrogen and oxygen atoms in total. The van der Waals surface area contributed by atoms with Gasteiger partial charge in [0, 0.05) is 19.0 Å². The molecular formula is C21H28N2O4. The SMILES string of the molecule is CC1CCC(NC(=O)C2(C)CCC(=O)N2Cc2ccc3c(c2)OCO3)CC1. The second kappa shape index (κ2) is 7.06. The zero-order valence-corrected chi connectivity index (χ0v) is 16.1. The molecular weight excluding hydrogens is 344 g/mol. The fourth-order valence-electron chi connectivity index (χ4n) is 4.36. The zero-order valence-electron chi connectivity index (χ0n) is 16.1. The Bertz CT molecular complexity index is 742. The van der Waals surface area contributed by atoms with Gasteiger partial charge in [-0.15, -0.1) is 0 Å². The van der Waals surface area contributed by atoms with Crippen molar-refractivity contribution in [2.45, 2.75) is 70.5 Å². The third-order valence-corrected chi connectivity index (χ3v) is 6.34. The summed E-state index contributed by atoms with van der Waals surface area (Å²) in [6.45, 7) is 4.79. The highest BCUT2D eigenvalue weighted by Crippen LogP contribution is 2.36. The predicted molar refractivity (Wildman–Crippen MR) is 100 cm³/mol. The van der Waals surface area contributed by atoms with Crippen LogP contribution in [0.25, 0.3) is 0 Å². The van der Waals surface area contributed by atoms with E-state index in [2.05, 4.69) is 12.2 Å². The molecule has 2 aliphatic heterocycles. The van der Waals surface area contributed by atoms with E-state index in [0.717, 1.165) is 42.9 Å². The monoisotopic (exact) mass is 372 g/mol. The maximum absolute atomic E-state index is 13.1. The van der Waals surface area contributed by atoms with Gasteiger partial charge in [0.2, 0.25) is 18.6 Å². The molecule has 3 aliphatic rings. The Morgan fingerprint density at radius 1 is 1.22 bits per heavy atom. The summed E-state index contributed by atoms with van der Waals surface area (Å²) in [4.78, 5) is 27.4. The zero-order chi connectivity index (χ0) is 19.0. The number of carbonyl (C=O) groups is 2. The van der Waals surface area contributed by atoms with Crippen LogP contribution in [0.15, 0.2) is 18.2 Å². The van der Waals surface area contributed by atoms with E-state index < -0.39 is 5.54 Å². The molecule has 27 heavy (non-hydrogen) atoms. The average Bonchev–Trinajstić information content (AvgIpc) is 3.24. The fourth-order valence-corrected chi connectivity index (χ4v) is 4.36. The maximum Gasteiger partial charge on any atom is 0.245 e. The number of nitrogens with zero attached hydrogens (tertiary/aromatic N) is 1. The van der Waals surface area contributed by atoms with Crippen molar-refractivity contribution in [3.05, 3.63) is 23.8 Å². The summed E-state index contributed by atoms with van der Waals surface area (Å²) in [7, 11) is 0. The third kappa shape index (κ3) is 3.49. The Kier molecular flexibility index (Phi) is 4.74. The molecule has 1 aromatic rings. The summed E-state index contributed by atoms with van der Waals surface area (Å²) >= 11 is 0. The average molecular weight is 372 g/mol. The minimum Gasteiger partial charge on any atom is -0.454 e. The van der Waals surface area contributed by atoms with E-state index >= 15 is 0 Å². The Morgan fingerprint density at radius 2 is 1.96 bits per heavy atom. The number of rotatable bonds is 4. The number of ether oxygens (including phenoxy) is 2. The van der Waals surface area contributed by atoms with E-state index in [1.165, 1.54) is 0 Å². The van der Waals surface area contributed by atoms with E-state index in [1.54, 1.807) is 4.90 Å². The van der Waals surface area contributed by atoms with Crippen molar-refractivity contribution in [3.8, 4) is 11.5 Å². The van der Waals surface area contributed by atoms with Gasteiger partial charge in [-0.3, -0.25) is 9.59 Å². The van der Waals surface area contributed by atoms with Gasteiger partial charge in [-0.05, 0) is 62.6 Å². The highest BCUT2D eigenvalue weighted by molar-refractivity contribution is 5.94. The number of likely N-dealkylation sites (tertiary alicyclic amines) is 1. The van der Waals surface area contributed by atoms with E-state index in [1.807, 2.05) is 25.1 Å². The molecule has 2 heterocycles. The second-order valence-corrected chi connectivity index (χ2v) is 8.37. The first-order valence-corrected chi connectivity index (χ1v) is 9.96. The Morgan fingerprint density at radius 3 is 2.74 bits per heavy atom. The molecule has 1 saturated heterocycles.